The van der Waals surface area contributed by atoms with Crippen LogP contribution >= 0.6 is 0 Å². The first-order chi connectivity index (χ1) is 12.2. The van der Waals surface area contributed by atoms with Crippen molar-refractivity contribution in [2.45, 2.75) is 51.4 Å². The van der Waals surface area contributed by atoms with Crippen molar-refractivity contribution in [3.8, 4) is 0 Å². The zero-order chi connectivity index (χ0) is 19.7. The summed E-state index contributed by atoms with van der Waals surface area (Å²) >= 11 is 0. The van der Waals surface area contributed by atoms with Crippen molar-refractivity contribution in [1.82, 2.24) is 9.97 Å². The molecule has 1 heterocycles. The Bertz CT molecular complexity index is 702. The third kappa shape index (κ3) is 7.69. The number of carbonyl (C=O) groups is 4. The Morgan fingerprint density at radius 3 is 1.42 bits per heavy atom. The average molecular weight is 368 g/mol. The SMILES string of the molecule is O=C(O)CCCCCc1nc(CC(=O)O)c(CC(=O)O)nc1CC(=O)O. The second-order valence-corrected chi connectivity index (χ2v) is 5.68. The number of unbranched alkanes of at least 4 members (excludes halogenated alkanes) is 2. The lowest BCUT2D eigenvalue weighted by molar-refractivity contribution is -0.138. The van der Waals surface area contributed by atoms with Crippen LogP contribution in [0, 0.1) is 0 Å². The van der Waals surface area contributed by atoms with Crippen molar-refractivity contribution in [1.29, 1.82) is 0 Å². The fraction of sp³-hybridized carbons (Fsp3) is 0.500. The highest BCUT2D eigenvalue weighted by Gasteiger charge is 2.19. The zero-order valence-electron chi connectivity index (χ0n) is 14.0. The molecule has 0 aliphatic carbocycles. The molecule has 26 heavy (non-hydrogen) atoms. The van der Waals surface area contributed by atoms with Crippen molar-refractivity contribution in [3.63, 3.8) is 0 Å². The second-order valence-electron chi connectivity index (χ2n) is 5.68. The number of aryl methyl sites for hydroxylation is 1. The summed E-state index contributed by atoms with van der Waals surface area (Å²) in [5, 5.41) is 35.5. The van der Waals surface area contributed by atoms with Crippen molar-refractivity contribution in [3.05, 3.63) is 22.8 Å². The quantitative estimate of drug-likeness (QED) is 0.381. The van der Waals surface area contributed by atoms with E-state index in [1.165, 1.54) is 0 Å². The van der Waals surface area contributed by atoms with Crippen LogP contribution in [0.2, 0.25) is 0 Å². The molecule has 0 bridgehead atoms. The number of hydrogen-bond acceptors (Lipinski definition) is 6. The Morgan fingerprint density at radius 1 is 0.577 bits per heavy atom. The van der Waals surface area contributed by atoms with Gasteiger partial charge in [-0.05, 0) is 19.3 Å². The Morgan fingerprint density at radius 2 is 1.00 bits per heavy atom. The maximum atomic E-state index is 11.0. The molecule has 0 fully saturated rings. The van der Waals surface area contributed by atoms with E-state index in [0.29, 0.717) is 31.4 Å². The lowest BCUT2D eigenvalue weighted by Crippen LogP contribution is -2.17. The minimum absolute atomic E-state index is 0.00502. The Labute approximate surface area is 148 Å². The molecule has 10 heteroatoms. The summed E-state index contributed by atoms with van der Waals surface area (Å²) in [7, 11) is 0. The van der Waals surface area contributed by atoms with Crippen LogP contribution in [-0.4, -0.2) is 54.3 Å². The highest BCUT2D eigenvalue weighted by atomic mass is 16.4. The predicted octanol–water partition coefficient (Wildman–Crippen LogP) is 0.545. The van der Waals surface area contributed by atoms with E-state index in [2.05, 4.69) is 9.97 Å². The van der Waals surface area contributed by atoms with Gasteiger partial charge in [-0.2, -0.15) is 0 Å². The number of carboxylic acid groups (broad SMARTS) is 4. The van der Waals surface area contributed by atoms with Crippen molar-refractivity contribution in [2.24, 2.45) is 0 Å². The molecule has 10 nitrogen and oxygen atoms in total. The summed E-state index contributed by atoms with van der Waals surface area (Å²) in [5.74, 6) is -4.50. The number of aromatic nitrogens is 2. The van der Waals surface area contributed by atoms with E-state index < -0.39 is 43.1 Å². The molecule has 0 spiro atoms. The second kappa shape index (κ2) is 10.1. The summed E-state index contributed by atoms with van der Waals surface area (Å²) in [6, 6.07) is 0. The third-order valence-corrected chi connectivity index (χ3v) is 3.47. The van der Waals surface area contributed by atoms with Crippen LogP contribution in [0.5, 0.6) is 0 Å². The molecule has 0 saturated carbocycles. The molecule has 0 saturated heterocycles. The number of rotatable bonds is 12. The Hall–Kier alpha value is -3.04. The van der Waals surface area contributed by atoms with Gasteiger partial charge >= 0.3 is 23.9 Å². The van der Waals surface area contributed by atoms with Crippen LogP contribution in [0.15, 0.2) is 0 Å². The van der Waals surface area contributed by atoms with Gasteiger partial charge in [0.15, 0.2) is 0 Å². The molecule has 1 rings (SSSR count). The first-order valence-corrected chi connectivity index (χ1v) is 7.93. The van der Waals surface area contributed by atoms with Gasteiger partial charge in [0, 0.05) is 6.42 Å². The molecule has 0 unspecified atom stereocenters. The molecule has 0 aromatic carbocycles. The fourth-order valence-electron chi connectivity index (χ4n) is 2.38. The third-order valence-electron chi connectivity index (χ3n) is 3.47. The standard InChI is InChI=1S/C16H20N2O8/c19-13(20)5-3-1-2-4-9-10(6-14(21)22)18-12(8-16(25)26)11(17-9)7-15(23)24/h1-8H2,(H,19,20)(H,21,22)(H,23,24)(H,25,26). The molecule has 4 N–H and O–H groups in total. The van der Waals surface area contributed by atoms with E-state index in [1.54, 1.807) is 0 Å². The smallest absolute Gasteiger partial charge is 0.309 e. The van der Waals surface area contributed by atoms with E-state index in [9.17, 15) is 19.2 Å². The Balaban J connectivity index is 3.06. The molecule has 142 valence electrons. The number of aliphatic carboxylic acids is 4. The summed E-state index contributed by atoms with van der Waals surface area (Å²) in [5.41, 5.74) is 0.328. The van der Waals surface area contributed by atoms with E-state index >= 15 is 0 Å². The van der Waals surface area contributed by atoms with Gasteiger partial charge in [0.05, 0.1) is 42.0 Å². The zero-order valence-corrected chi connectivity index (χ0v) is 14.0. The van der Waals surface area contributed by atoms with E-state index in [-0.39, 0.29) is 23.5 Å². The highest BCUT2D eigenvalue weighted by Crippen LogP contribution is 2.16. The van der Waals surface area contributed by atoms with Gasteiger partial charge in [-0.25, -0.2) is 0 Å². The van der Waals surface area contributed by atoms with Gasteiger partial charge in [0.25, 0.3) is 0 Å². The first-order valence-electron chi connectivity index (χ1n) is 7.93. The number of hydrogen-bond donors (Lipinski definition) is 4. The van der Waals surface area contributed by atoms with E-state index in [0.717, 1.165) is 0 Å². The van der Waals surface area contributed by atoms with E-state index in [1.807, 2.05) is 0 Å². The molecule has 1 aromatic heterocycles. The van der Waals surface area contributed by atoms with Gasteiger partial charge in [-0.15, -0.1) is 0 Å². The van der Waals surface area contributed by atoms with Crippen LogP contribution < -0.4 is 0 Å². The molecule has 0 aliphatic rings. The van der Waals surface area contributed by atoms with Gasteiger partial charge in [-0.3, -0.25) is 29.1 Å². The van der Waals surface area contributed by atoms with Crippen LogP contribution in [-0.2, 0) is 44.9 Å². The lowest BCUT2D eigenvalue weighted by atomic mass is 10.1. The predicted molar refractivity (Wildman–Crippen MR) is 85.9 cm³/mol. The van der Waals surface area contributed by atoms with Crippen LogP contribution in [0.4, 0.5) is 0 Å². The monoisotopic (exact) mass is 368 g/mol. The molecule has 0 atom stereocenters. The molecule has 0 aliphatic heterocycles. The van der Waals surface area contributed by atoms with Crippen LogP contribution in [0.1, 0.15) is 48.5 Å². The maximum Gasteiger partial charge on any atom is 0.309 e. The van der Waals surface area contributed by atoms with Gasteiger partial charge in [0.1, 0.15) is 0 Å². The Kier molecular flexibility index (Phi) is 8.13. The minimum Gasteiger partial charge on any atom is -0.481 e. The summed E-state index contributed by atoms with van der Waals surface area (Å²) < 4.78 is 0. The fourth-order valence-corrected chi connectivity index (χ4v) is 2.38. The number of nitrogens with zero attached hydrogens (tertiary/aromatic N) is 2. The van der Waals surface area contributed by atoms with Crippen molar-refractivity contribution >= 4 is 23.9 Å². The highest BCUT2D eigenvalue weighted by molar-refractivity contribution is 5.73. The molecule has 0 radical (unpaired) electrons. The minimum atomic E-state index is -1.23. The van der Waals surface area contributed by atoms with Crippen molar-refractivity contribution < 1.29 is 39.6 Å². The normalized spacial score (nSPS) is 10.5. The molecular formula is C16H20N2O8. The largest absolute Gasteiger partial charge is 0.481 e. The summed E-state index contributed by atoms with van der Waals surface area (Å²) in [4.78, 5) is 51.7. The van der Waals surface area contributed by atoms with Gasteiger partial charge in [0.2, 0.25) is 0 Å². The van der Waals surface area contributed by atoms with Crippen molar-refractivity contribution in [2.75, 3.05) is 0 Å². The summed E-state index contributed by atoms with van der Waals surface area (Å²) in [6.45, 7) is 0. The van der Waals surface area contributed by atoms with Crippen LogP contribution in [0.25, 0.3) is 0 Å². The molecular weight excluding hydrogens is 348 g/mol. The van der Waals surface area contributed by atoms with E-state index in [4.69, 9.17) is 20.4 Å². The average Bonchev–Trinajstić information content (AvgIpc) is 2.48. The maximum absolute atomic E-state index is 11.0. The van der Waals surface area contributed by atoms with Gasteiger partial charge in [-0.1, -0.05) is 6.42 Å². The summed E-state index contributed by atoms with van der Waals surface area (Å²) in [6.07, 6.45) is 0.347. The molecule has 0 amide bonds. The van der Waals surface area contributed by atoms with Crippen LogP contribution in [0.3, 0.4) is 0 Å². The lowest BCUT2D eigenvalue weighted by Gasteiger charge is -2.12. The molecule has 1 aromatic rings. The number of carboxylic acids is 4. The topological polar surface area (TPSA) is 175 Å². The van der Waals surface area contributed by atoms with Gasteiger partial charge < -0.3 is 20.4 Å². The first kappa shape index (κ1) is 21.0.